The van der Waals surface area contributed by atoms with Crippen molar-refractivity contribution in [3.63, 3.8) is 0 Å². The van der Waals surface area contributed by atoms with Gasteiger partial charge in [0.1, 0.15) is 5.82 Å². The van der Waals surface area contributed by atoms with Crippen molar-refractivity contribution in [2.75, 3.05) is 6.54 Å². The topological polar surface area (TPSA) is 20.3 Å². The predicted molar refractivity (Wildman–Crippen MR) is 77.7 cm³/mol. The summed E-state index contributed by atoms with van der Waals surface area (Å²) >= 11 is 0. The van der Waals surface area contributed by atoms with Gasteiger partial charge in [-0.05, 0) is 30.2 Å². The molecule has 0 N–H and O–H groups in total. The van der Waals surface area contributed by atoms with Gasteiger partial charge in [0, 0.05) is 13.5 Å². The third kappa shape index (κ3) is 3.05. The van der Waals surface area contributed by atoms with Crippen LogP contribution >= 0.6 is 0 Å². The first-order chi connectivity index (χ1) is 9.63. The van der Waals surface area contributed by atoms with E-state index in [2.05, 4.69) is 0 Å². The number of nitrogens with zero attached hydrogens (tertiary/aromatic N) is 1. The third-order valence-corrected chi connectivity index (χ3v) is 3.36. The molecule has 0 aliphatic rings. The quantitative estimate of drug-likeness (QED) is 0.828. The minimum Gasteiger partial charge on any atom is -0.332 e. The van der Waals surface area contributed by atoms with Crippen molar-refractivity contribution < 1.29 is 9.18 Å². The van der Waals surface area contributed by atoms with Crippen LogP contribution in [0, 0.1) is 5.82 Å². The number of rotatable bonds is 4. The van der Waals surface area contributed by atoms with Crippen LogP contribution in [0.3, 0.4) is 0 Å². The Morgan fingerprint density at radius 2 is 1.60 bits per heavy atom. The minimum atomic E-state index is -0.272. The van der Waals surface area contributed by atoms with Crippen LogP contribution in [0.2, 0.25) is 0 Å². The van der Waals surface area contributed by atoms with Gasteiger partial charge in [-0.25, -0.2) is 4.39 Å². The number of hydrogen-bond acceptors (Lipinski definition) is 1. The maximum atomic E-state index is 13.1. The number of halogens is 1. The van der Waals surface area contributed by atoms with Crippen molar-refractivity contribution in [2.24, 2.45) is 0 Å². The summed E-state index contributed by atoms with van der Waals surface area (Å²) < 4.78 is 13.1. The molecular weight excluding hydrogens is 253 g/mol. The monoisotopic (exact) mass is 271 g/mol. The lowest BCUT2D eigenvalue weighted by molar-refractivity contribution is -0.130. The van der Waals surface area contributed by atoms with Gasteiger partial charge in [-0.1, -0.05) is 42.5 Å². The molecular formula is C17H18FNO. The second-order valence-electron chi connectivity index (χ2n) is 4.67. The number of benzene rings is 2. The highest BCUT2D eigenvalue weighted by Gasteiger charge is 2.23. The van der Waals surface area contributed by atoms with Gasteiger partial charge in [0.2, 0.25) is 5.91 Å². The Kier molecular flexibility index (Phi) is 4.51. The van der Waals surface area contributed by atoms with Crippen LogP contribution in [-0.2, 0) is 4.79 Å². The van der Waals surface area contributed by atoms with E-state index < -0.39 is 0 Å². The highest BCUT2D eigenvalue weighted by atomic mass is 19.1. The molecule has 2 nitrogen and oxygen atoms in total. The van der Waals surface area contributed by atoms with Gasteiger partial charge in [0.25, 0.3) is 0 Å². The molecule has 0 saturated carbocycles. The fraction of sp³-hybridized carbons (Fsp3) is 0.235. The smallest absolute Gasteiger partial charge is 0.220 e. The number of hydrogen-bond donors (Lipinski definition) is 0. The van der Waals surface area contributed by atoms with Crippen molar-refractivity contribution in [2.45, 2.75) is 19.9 Å². The predicted octanol–water partition coefficient (Wildman–Crippen LogP) is 3.78. The van der Waals surface area contributed by atoms with Crippen LogP contribution in [0.4, 0.5) is 4.39 Å². The van der Waals surface area contributed by atoms with Gasteiger partial charge >= 0.3 is 0 Å². The lowest BCUT2D eigenvalue weighted by Gasteiger charge is -2.31. The molecule has 1 atom stereocenters. The number of carbonyl (C=O) groups is 1. The Morgan fingerprint density at radius 1 is 1.05 bits per heavy atom. The zero-order valence-corrected chi connectivity index (χ0v) is 11.7. The molecule has 0 radical (unpaired) electrons. The molecule has 0 saturated heterocycles. The normalized spacial score (nSPS) is 11.9. The van der Waals surface area contributed by atoms with E-state index in [1.54, 1.807) is 24.0 Å². The van der Waals surface area contributed by atoms with Crippen LogP contribution in [0.25, 0.3) is 0 Å². The molecule has 1 amide bonds. The maximum absolute atomic E-state index is 13.1. The van der Waals surface area contributed by atoms with Crippen molar-refractivity contribution in [1.29, 1.82) is 0 Å². The van der Waals surface area contributed by atoms with Gasteiger partial charge in [-0.2, -0.15) is 0 Å². The molecule has 2 rings (SSSR count). The first-order valence-electron chi connectivity index (χ1n) is 6.71. The van der Waals surface area contributed by atoms with E-state index in [-0.39, 0.29) is 17.8 Å². The van der Waals surface area contributed by atoms with E-state index in [9.17, 15) is 9.18 Å². The molecule has 0 heterocycles. The Morgan fingerprint density at radius 3 is 2.10 bits per heavy atom. The number of carbonyl (C=O) groups excluding carboxylic acids is 1. The third-order valence-electron chi connectivity index (χ3n) is 3.36. The average molecular weight is 271 g/mol. The molecule has 2 aromatic carbocycles. The van der Waals surface area contributed by atoms with Crippen LogP contribution in [0.5, 0.6) is 0 Å². The summed E-state index contributed by atoms with van der Waals surface area (Å²) in [6.45, 7) is 4.11. The molecule has 0 aromatic heterocycles. The van der Waals surface area contributed by atoms with Crippen molar-refractivity contribution in [3.05, 3.63) is 71.5 Å². The standard InChI is InChI=1S/C17H18FNO/c1-3-19(13(2)20)17(14-7-5-4-6-8-14)15-9-11-16(18)12-10-15/h4-12,17H,3H2,1-2H3. The summed E-state index contributed by atoms with van der Waals surface area (Å²) in [4.78, 5) is 13.7. The Hall–Kier alpha value is -2.16. The van der Waals surface area contributed by atoms with Crippen LogP contribution in [0.15, 0.2) is 54.6 Å². The van der Waals surface area contributed by atoms with Gasteiger partial charge in [-0.3, -0.25) is 4.79 Å². The molecule has 0 bridgehead atoms. The zero-order chi connectivity index (χ0) is 14.5. The highest BCUT2D eigenvalue weighted by Crippen LogP contribution is 2.28. The van der Waals surface area contributed by atoms with Gasteiger partial charge < -0.3 is 4.90 Å². The lowest BCUT2D eigenvalue weighted by Crippen LogP contribution is -2.33. The van der Waals surface area contributed by atoms with E-state index in [0.717, 1.165) is 11.1 Å². The van der Waals surface area contributed by atoms with Gasteiger partial charge in [-0.15, -0.1) is 0 Å². The fourth-order valence-electron chi connectivity index (χ4n) is 2.42. The summed E-state index contributed by atoms with van der Waals surface area (Å²) in [6, 6.07) is 15.9. The maximum Gasteiger partial charge on any atom is 0.220 e. The SMILES string of the molecule is CCN(C(C)=O)C(c1ccccc1)c1ccc(F)cc1. The summed E-state index contributed by atoms with van der Waals surface area (Å²) in [5.41, 5.74) is 1.94. The Bertz CT molecular complexity index is 565. The molecule has 0 spiro atoms. The molecule has 3 heteroatoms. The first kappa shape index (κ1) is 14.3. The van der Waals surface area contributed by atoms with Crippen molar-refractivity contribution >= 4 is 5.91 Å². The molecule has 0 fully saturated rings. The Balaban J connectivity index is 2.49. The second kappa shape index (κ2) is 6.33. The van der Waals surface area contributed by atoms with Crippen LogP contribution in [-0.4, -0.2) is 17.4 Å². The van der Waals surface area contributed by atoms with Gasteiger partial charge in [0.05, 0.1) is 6.04 Å². The van der Waals surface area contributed by atoms with E-state index in [0.29, 0.717) is 6.54 Å². The minimum absolute atomic E-state index is 0.00526. The lowest BCUT2D eigenvalue weighted by atomic mass is 9.97. The summed E-state index contributed by atoms with van der Waals surface area (Å²) in [5.74, 6) is -0.267. The summed E-state index contributed by atoms with van der Waals surface area (Å²) in [6.07, 6.45) is 0. The molecule has 104 valence electrons. The van der Waals surface area contributed by atoms with E-state index in [1.807, 2.05) is 37.3 Å². The van der Waals surface area contributed by atoms with Crippen molar-refractivity contribution in [1.82, 2.24) is 4.90 Å². The summed E-state index contributed by atoms with van der Waals surface area (Å²) in [7, 11) is 0. The summed E-state index contributed by atoms with van der Waals surface area (Å²) in [5, 5.41) is 0. The second-order valence-corrected chi connectivity index (χ2v) is 4.67. The van der Waals surface area contributed by atoms with Gasteiger partial charge in [0.15, 0.2) is 0 Å². The molecule has 0 aliphatic heterocycles. The highest BCUT2D eigenvalue weighted by molar-refractivity contribution is 5.74. The average Bonchev–Trinajstić information content (AvgIpc) is 2.46. The zero-order valence-electron chi connectivity index (χ0n) is 11.7. The van der Waals surface area contributed by atoms with Crippen LogP contribution in [0.1, 0.15) is 31.0 Å². The number of amides is 1. The van der Waals surface area contributed by atoms with E-state index >= 15 is 0 Å². The molecule has 0 aliphatic carbocycles. The fourth-order valence-corrected chi connectivity index (χ4v) is 2.42. The van der Waals surface area contributed by atoms with E-state index in [4.69, 9.17) is 0 Å². The largest absolute Gasteiger partial charge is 0.332 e. The van der Waals surface area contributed by atoms with Crippen LogP contribution < -0.4 is 0 Å². The molecule has 1 unspecified atom stereocenters. The molecule has 2 aromatic rings. The molecule has 20 heavy (non-hydrogen) atoms. The first-order valence-corrected chi connectivity index (χ1v) is 6.71. The Labute approximate surface area is 118 Å². The van der Waals surface area contributed by atoms with Crippen molar-refractivity contribution in [3.8, 4) is 0 Å². The van der Waals surface area contributed by atoms with E-state index in [1.165, 1.54) is 12.1 Å².